The van der Waals surface area contributed by atoms with Gasteiger partial charge in [0.2, 0.25) is 0 Å². The average molecular weight is 94.1 g/mol. The van der Waals surface area contributed by atoms with Crippen molar-refractivity contribution >= 4 is 0 Å². The Hall–Kier alpha value is -0.720. The van der Waals surface area contributed by atoms with Gasteiger partial charge in [0, 0.05) is 12.8 Å². The summed E-state index contributed by atoms with van der Waals surface area (Å²) in [7, 11) is 0. The van der Waals surface area contributed by atoms with E-state index in [1.54, 1.807) is 0 Å². The lowest BCUT2D eigenvalue weighted by Crippen LogP contribution is -1.67. The molecule has 0 fully saturated rings. The molecule has 0 saturated carbocycles. The first kappa shape index (κ1) is 3.30. The van der Waals surface area contributed by atoms with Gasteiger partial charge in [0.1, 0.15) is 11.5 Å². The molecule has 0 atom stereocenters. The number of allylic oxidation sites excluding steroid dienone is 4. The van der Waals surface area contributed by atoms with Gasteiger partial charge in [-0.25, -0.2) is 0 Å². The Kier molecular flexibility index (Phi) is 0.432. The van der Waals surface area contributed by atoms with Crippen LogP contribution in [0.4, 0.5) is 0 Å². The van der Waals surface area contributed by atoms with Crippen LogP contribution in [0, 0.1) is 0 Å². The van der Waals surface area contributed by atoms with E-state index >= 15 is 0 Å². The number of hydrogen-bond donors (Lipinski definition) is 0. The van der Waals surface area contributed by atoms with Crippen molar-refractivity contribution in [3.05, 3.63) is 23.7 Å². The van der Waals surface area contributed by atoms with E-state index < -0.39 is 0 Å². The van der Waals surface area contributed by atoms with Gasteiger partial charge < -0.3 is 4.74 Å². The Bertz CT molecular complexity index is 136. The number of ether oxygens (including phenoxy) is 1. The van der Waals surface area contributed by atoms with Crippen LogP contribution in [0.5, 0.6) is 0 Å². The van der Waals surface area contributed by atoms with Crippen molar-refractivity contribution in [3.63, 3.8) is 0 Å². The molecule has 0 saturated heterocycles. The molecule has 0 heterocycles. The Balaban J connectivity index is 1.90. The van der Waals surface area contributed by atoms with E-state index in [-0.39, 0.29) is 0 Å². The van der Waals surface area contributed by atoms with Gasteiger partial charge >= 0.3 is 0 Å². The van der Waals surface area contributed by atoms with Gasteiger partial charge in [-0.3, -0.25) is 0 Å². The fourth-order valence-corrected chi connectivity index (χ4v) is 0.418. The zero-order valence-corrected chi connectivity index (χ0v) is 3.98. The molecular formula is C6H6O. The van der Waals surface area contributed by atoms with Crippen molar-refractivity contribution in [2.45, 2.75) is 12.8 Å². The van der Waals surface area contributed by atoms with Crippen LogP contribution in [0.25, 0.3) is 0 Å². The van der Waals surface area contributed by atoms with Gasteiger partial charge in [-0.05, 0) is 12.2 Å². The Labute approximate surface area is 42.3 Å². The Morgan fingerprint density at radius 1 is 1.14 bits per heavy atom. The van der Waals surface area contributed by atoms with Crippen LogP contribution < -0.4 is 0 Å². The van der Waals surface area contributed by atoms with Crippen LogP contribution >= 0.6 is 0 Å². The van der Waals surface area contributed by atoms with Crippen LogP contribution in [0.1, 0.15) is 12.8 Å². The highest BCUT2D eigenvalue weighted by Gasteiger charge is 2.15. The summed E-state index contributed by atoms with van der Waals surface area (Å²) in [6, 6.07) is 0. The van der Waals surface area contributed by atoms with Gasteiger partial charge in [-0.1, -0.05) is 0 Å². The van der Waals surface area contributed by atoms with Crippen molar-refractivity contribution in [2.24, 2.45) is 0 Å². The first-order valence-corrected chi connectivity index (χ1v) is 2.51. The standard InChI is InChI=1S/C6H6O/c1-2-5(1)7-6-3-4-6/h1,3H,2,4H2. The van der Waals surface area contributed by atoms with Crippen LogP contribution in [0.2, 0.25) is 0 Å². The quantitative estimate of drug-likeness (QED) is 0.504. The highest BCUT2D eigenvalue weighted by atomic mass is 16.5. The molecule has 0 bridgehead atoms. The molecule has 0 spiro atoms. The van der Waals surface area contributed by atoms with E-state index in [4.69, 9.17) is 4.74 Å². The normalized spacial score (nSPS) is 22.9. The first-order valence-electron chi connectivity index (χ1n) is 2.51. The monoisotopic (exact) mass is 94.0 g/mol. The van der Waals surface area contributed by atoms with Crippen molar-refractivity contribution in [1.29, 1.82) is 0 Å². The number of hydrogen-bond acceptors (Lipinski definition) is 1. The van der Waals surface area contributed by atoms with E-state index in [0.717, 1.165) is 24.4 Å². The average Bonchev–Trinajstić information content (AvgIpc) is 2.33. The van der Waals surface area contributed by atoms with Crippen LogP contribution in [0.3, 0.4) is 0 Å². The summed E-state index contributed by atoms with van der Waals surface area (Å²) in [5.74, 6) is 2.31. The van der Waals surface area contributed by atoms with E-state index in [2.05, 4.69) is 12.2 Å². The lowest BCUT2D eigenvalue weighted by molar-refractivity contribution is 0.341. The molecule has 2 rings (SSSR count). The topological polar surface area (TPSA) is 9.23 Å². The van der Waals surface area contributed by atoms with Gasteiger partial charge in [0.15, 0.2) is 0 Å². The van der Waals surface area contributed by atoms with Gasteiger partial charge in [0.25, 0.3) is 0 Å². The molecule has 7 heavy (non-hydrogen) atoms. The second-order valence-corrected chi connectivity index (χ2v) is 1.85. The predicted octanol–water partition coefficient (Wildman–Crippen LogP) is 1.58. The first-order chi connectivity index (χ1) is 3.45. The molecule has 0 amide bonds. The smallest absolute Gasteiger partial charge is 0.104 e. The summed E-state index contributed by atoms with van der Waals surface area (Å²) in [6.45, 7) is 0. The molecule has 0 aliphatic heterocycles. The third-order valence-electron chi connectivity index (χ3n) is 1.00. The largest absolute Gasteiger partial charge is 0.466 e. The summed E-state index contributed by atoms with van der Waals surface area (Å²) < 4.78 is 5.19. The molecule has 36 valence electrons. The lowest BCUT2D eigenvalue weighted by atomic mass is 10.8. The highest BCUT2D eigenvalue weighted by Crippen LogP contribution is 2.30. The summed E-state index contributed by atoms with van der Waals surface area (Å²) in [5, 5.41) is 0. The molecule has 0 aromatic heterocycles. The molecule has 1 heteroatoms. The zero-order chi connectivity index (χ0) is 4.69. The molecule has 1 nitrogen and oxygen atoms in total. The Morgan fingerprint density at radius 3 is 1.86 bits per heavy atom. The van der Waals surface area contributed by atoms with Crippen molar-refractivity contribution in [2.75, 3.05) is 0 Å². The second-order valence-electron chi connectivity index (χ2n) is 1.85. The van der Waals surface area contributed by atoms with E-state index in [0.29, 0.717) is 0 Å². The predicted molar refractivity (Wildman–Crippen MR) is 26.5 cm³/mol. The molecule has 0 radical (unpaired) electrons. The molecule has 0 unspecified atom stereocenters. The molecular weight excluding hydrogens is 88.1 g/mol. The molecule has 0 N–H and O–H groups in total. The van der Waals surface area contributed by atoms with Gasteiger partial charge in [-0.2, -0.15) is 0 Å². The summed E-state index contributed by atoms with van der Waals surface area (Å²) in [6.07, 6.45) is 6.33. The molecule has 0 aromatic rings. The maximum atomic E-state index is 5.19. The minimum Gasteiger partial charge on any atom is -0.466 e. The van der Waals surface area contributed by atoms with Crippen molar-refractivity contribution in [1.82, 2.24) is 0 Å². The molecule has 2 aliphatic carbocycles. The SMILES string of the molecule is C1=C(OC2=CC2)C1. The lowest BCUT2D eigenvalue weighted by Gasteiger charge is -1.87. The van der Waals surface area contributed by atoms with Crippen LogP contribution in [0.15, 0.2) is 23.7 Å². The third kappa shape index (κ3) is 0.660. The maximum absolute atomic E-state index is 5.19. The fraction of sp³-hybridized carbons (Fsp3) is 0.333. The summed E-state index contributed by atoms with van der Waals surface area (Å²) >= 11 is 0. The van der Waals surface area contributed by atoms with E-state index in [9.17, 15) is 0 Å². The van der Waals surface area contributed by atoms with Crippen LogP contribution in [-0.2, 0) is 4.74 Å². The minimum absolute atomic E-state index is 1.08. The van der Waals surface area contributed by atoms with Gasteiger partial charge in [-0.15, -0.1) is 0 Å². The van der Waals surface area contributed by atoms with E-state index in [1.807, 2.05) is 0 Å². The van der Waals surface area contributed by atoms with Gasteiger partial charge in [0.05, 0.1) is 0 Å². The summed E-state index contributed by atoms with van der Waals surface area (Å²) in [5.41, 5.74) is 0. The fourth-order valence-electron chi connectivity index (χ4n) is 0.418. The van der Waals surface area contributed by atoms with E-state index in [1.165, 1.54) is 0 Å². The minimum atomic E-state index is 1.08. The molecule has 0 aromatic carbocycles. The second kappa shape index (κ2) is 0.915. The van der Waals surface area contributed by atoms with Crippen molar-refractivity contribution in [3.8, 4) is 0 Å². The summed E-state index contributed by atoms with van der Waals surface area (Å²) in [4.78, 5) is 0. The highest BCUT2D eigenvalue weighted by molar-refractivity contribution is 5.23. The number of rotatable bonds is 2. The zero-order valence-electron chi connectivity index (χ0n) is 3.98. The Morgan fingerprint density at radius 2 is 1.57 bits per heavy atom. The van der Waals surface area contributed by atoms with Crippen LogP contribution in [-0.4, -0.2) is 0 Å². The van der Waals surface area contributed by atoms with Crippen molar-refractivity contribution < 1.29 is 4.74 Å². The third-order valence-corrected chi connectivity index (χ3v) is 1.00. The molecule has 2 aliphatic rings. The maximum Gasteiger partial charge on any atom is 0.104 e.